The lowest BCUT2D eigenvalue weighted by Crippen LogP contribution is -2.11. The molecule has 0 radical (unpaired) electrons. The van der Waals surface area contributed by atoms with Crippen LogP contribution in [0.4, 0.5) is 0 Å². The van der Waals surface area contributed by atoms with E-state index in [0.717, 1.165) is 6.54 Å². The van der Waals surface area contributed by atoms with E-state index in [1.807, 2.05) is 6.92 Å². The first kappa shape index (κ1) is 7.08. The van der Waals surface area contributed by atoms with E-state index >= 15 is 0 Å². The van der Waals surface area contributed by atoms with Crippen LogP contribution in [-0.4, -0.2) is 6.54 Å². The minimum Gasteiger partial charge on any atom is -0.450 e. The molecule has 0 unspecified atom stereocenters. The van der Waals surface area contributed by atoms with E-state index in [9.17, 15) is 0 Å². The van der Waals surface area contributed by atoms with Gasteiger partial charge in [-0.1, -0.05) is 6.58 Å². The molecule has 2 nitrogen and oxygen atoms in total. The molecule has 0 aliphatic heterocycles. The average molecular weight is 113 g/mol. The van der Waals surface area contributed by atoms with Gasteiger partial charge in [0, 0.05) is 6.54 Å². The molecule has 46 valence electrons. The molecule has 1 N–H and O–H groups in total. The van der Waals surface area contributed by atoms with Crippen LogP contribution >= 0.6 is 0 Å². The summed E-state index contributed by atoms with van der Waals surface area (Å²) in [5.74, 6) is 0.544. The number of hydrogen-bond acceptors (Lipinski definition) is 2. The highest BCUT2D eigenvalue weighted by atomic mass is 16.5. The van der Waals surface area contributed by atoms with E-state index in [-0.39, 0.29) is 0 Å². The monoisotopic (exact) mass is 113 g/mol. The van der Waals surface area contributed by atoms with Crippen molar-refractivity contribution < 1.29 is 4.74 Å². The molecule has 0 fully saturated rings. The zero-order valence-electron chi connectivity index (χ0n) is 5.11. The summed E-state index contributed by atoms with van der Waals surface area (Å²) in [4.78, 5) is 0. The Labute approximate surface area is 49.8 Å². The van der Waals surface area contributed by atoms with Gasteiger partial charge in [0.05, 0.1) is 6.26 Å². The predicted molar refractivity (Wildman–Crippen MR) is 34.1 cm³/mol. The summed E-state index contributed by atoms with van der Waals surface area (Å²) in [5, 5.41) is 2.86. The molecule has 0 amide bonds. The minimum atomic E-state index is 0.544. The molecule has 0 aromatic carbocycles. The molecule has 8 heavy (non-hydrogen) atoms. The van der Waals surface area contributed by atoms with Crippen molar-refractivity contribution in [1.29, 1.82) is 0 Å². The molecule has 0 heterocycles. The number of ether oxygens (including phenoxy) is 1. The van der Waals surface area contributed by atoms with Crippen LogP contribution in [0.15, 0.2) is 25.3 Å². The van der Waals surface area contributed by atoms with Gasteiger partial charge >= 0.3 is 0 Å². The van der Waals surface area contributed by atoms with E-state index in [2.05, 4.69) is 18.5 Å². The number of hydrogen-bond donors (Lipinski definition) is 1. The Kier molecular flexibility index (Phi) is 3.76. The normalized spacial score (nSPS) is 7.62. The molecule has 0 aromatic rings. The third-order valence-electron chi connectivity index (χ3n) is 0.600. The van der Waals surface area contributed by atoms with E-state index in [4.69, 9.17) is 4.74 Å². The highest BCUT2D eigenvalue weighted by Gasteiger charge is 1.82. The molecular weight excluding hydrogens is 102 g/mol. The van der Waals surface area contributed by atoms with Gasteiger partial charge in [0.25, 0.3) is 0 Å². The molecule has 0 aliphatic rings. The zero-order chi connectivity index (χ0) is 6.41. The Balaban J connectivity index is 3.18. The molecular formula is C6H11NO. The maximum Gasteiger partial charge on any atom is 0.185 e. The Morgan fingerprint density at radius 3 is 2.88 bits per heavy atom. The van der Waals surface area contributed by atoms with Crippen LogP contribution in [0.5, 0.6) is 0 Å². The summed E-state index contributed by atoms with van der Waals surface area (Å²) in [6.07, 6.45) is 1.34. The summed E-state index contributed by atoms with van der Waals surface area (Å²) in [7, 11) is 0. The Morgan fingerprint density at radius 1 is 1.88 bits per heavy atom. The van der Waals surface area contributed by atoms with Crippen molar-refractivity contribution >= 4 is 0 Å². The van der Waals surface area contributed by atoms with Crippen LogP contribution in [0.2, 0.25) is 0 Å². The smallest absolute Gasteiger partial charge is 0.185 e. The fraction of sp³-hybridized carbons (Fsp3) is 0.333. The first-order chi connectivity index (χ1) is 3.81. The molecule has 0 rings (SSSR count). The second kappa shape index (κ2) is 4.24. The summed E-state index contributed by atoms with van der Waals surface area (Å²) >= 11 is 0. The van der Waals surface area contributed by atoms with Gasteiger partial charge in [0.2, 0.25) is 0 Å². The fourth-order valence-corrected chi connectivity index (χ4v) is 0.339. The minimum absolute atomic E-state index is 0.544. The van der Waals surface area contributed by atoms with Crippen molar-refractivity contribution in [2.24, 2.45) is 0 Å². The van der Waals surface area contributed by atoms with E-state index in [1.165, 1.54) is 6.26 Å². The first-order valence-corrected chi connectivity index (χ1v) is 2.51. The van der Waals surface area contributed by atoms with E-state index in [0.29, 0.717) is 5.88 Å². The first-order valence-electron chi connectivity index (χ1n) is 2.51. The average Bonchev–Trinajstić information content (AvgIpc) is 1.68. The van der Waals surface area contributed by atoms with Crippen LogP contribution in [0.25, 0.3) is 0 Å². The van der Waals surface area contributed by atoms with Crippen molar-refractivity contribution in [1.82, 2.24) is 5.32 Å². The number of nitrogens with one attached hydrogen (secondary N) is 1. The summed E-state index contributed by atoms with van der Waals surface area (Å²) < 4.78 is 4.74. The summed E-state index contributed by atoms with van der Waals surface area (Å²) in [5.41, 5.74) is 0. The molecule has 0 aliphatic carbocycles. The van der Waals surface area contributed by atoms with Gasteiger partial charge in [-0.25, -0.2) is 0 Å². The van der Waals surface area contributed by atoms with E-state index < -0.39 is 0 Å². The Bertz CT molecular complexity index is 88.5. The van der Waals surface area contributed by atoms with Crippen LogP contribution in [-0.2, 0) is 4.74 Å². The predicted octanol–water partition coefficient (Wildman–Crippen LogP) is 1.23. The van der Waals surface area contributed by atoms with Gasteiger partial charge in [-0.05, 0) is 13.5 Å². The summed E-state index contributed by atoms with van der Waals surface area (Å²) in [6.45, 7) is 9.69. The SMILES string of the molecule is C=COC(=C)NCC. The van der Waals surface area contributed by atoms with Gasteiger partial charge in [-0.15, -0.1) is 0 Å². The fourth-order valence-electron chi connectivity index (χ4n) is 0.339. The largest absolute Gasteiger partial charge is 0.450 e. The quantitative estimate of drug-likeness (QED) is 0.553. The molecule has 2 heteroatoms. The Hall–Kier alpha value is -0.920. The van der Waals surface area contributed by atoms with Crippen LogP contribution in [0.1, 0.15) is 6.92 Å². The lowest BCUT2D eigenvalue weighted by molar-refractivity contribution is 0.321. The van der Waals surface area contributed by atoms with E-state index in [1.54, 1.807) is 0 Å². The van der Waals surface area contributed by atoms with Gasteiger partial charge in [0.15, 0.2) is 5.88 Å². The molecule has 0 saturated heterocycles. The zero-order valence-corrected chi connectivity index (χ0v) is 5.11. The van der Waals surface area contributed by atoms with Crippen molar-refractivity contribution in [2.75, 3.05) is 6.54 Å². The van der Waals surface area contributed by atoms with Crippen LogP contribution < -0.4 is 5.32 Å². The lowest BCUT2D eigenvalue weighted by Gasteiger charge is -2.02. The summed E-state index contributed by atoms with van der Waals surface area (Å²) in [6, 6.07) is 0. The standard InChI is InChI=1S/C6H11NO/c1-4-7-6(3)8-5-2/h5,7H,2-4H2,1H3. The topological polar surface area (TPSA) is 21.3 Å². The third-order valence-corrected chi connectivity index (χ3v) is 0.600. The maximum absolute atomic E-state index is 4.74. The van der Waals surface area contributed by atoms with Gasteiger partial charge in [-0.3, -0.25) is 0 Å². The maximum atomic E-state index is 4.74. The molecule has 0 aromatic heterocycles. The highest BCUT2D eigenvalue weighted by molar-refractivity contribution is 4.80. The molecule has 0 atom stereocenters. The van der Waals surface area contributed by atoms with Gasteiger partial charge < -0.3 is 10.1 Å². The molecule has 0 bridgehead atoms. The van der Waals surface area contributed by atoms with Gasteiger partial charge in [0.1, 0.15) is 0 Å². The van der Waals surface area contributed by atoms with Crippen molar-refractivity contribution in [3.8, 4) is 0 Å². The third kappa shape index (κ3) is 3.28. The van der Waals surface area contributed by atoms with Crippen LogP contribution in [0, 0.1) is 0 Å². The van der Waals surface area contributed by atoms with Crippen molar-refractivity contribution in [2.45, 2.75) is 6.92 Å². The van der Waals surface area contributed by atoms with Gasteiger partial charge in [-0.2, -0.15) is 0 Å². The molecule has 0 saturated carbocycles. The highest BCUT2D eigenvalue weighted by Crippen LogP contribution is 1.84. The second-order valence-electron chi connectivity index (χ2n) is 1.24. The molecule has 0 spiro atoms. The Morgan fingerprint density at radius 2 is 2.50 bits per heavy atom. The van der Waals surface area contributed by atoms with Crippen molar-refractivity contribution in [3.63, 3.8) is 0 Å². The van der Waals surface area contributed by atoms with Crippen LogP contribution in [0.3, 0.4) is 0 Å². The number of rotatable bonds is 4. The lowest BCUT2D eigenvalue weighted by atomic mass is 10.7. The van der Waals surface area contributed by atoms with Crippen molar-refractivity contribution in [3.05, 3.63) is 25.3 Å². The second-order valence-corrected chi connectivity index (χ2v) is 1.24.